The smallest absolute Gasteiger partial charge is 0.267 e. The predicted octanol–water partition coefficient (Wildman–Crippen LogP) is 0.528. The molecule has 1 aliphatic heterocycles. The first-order chi connectivity index (χ1) is 8.74. The summed E-state index contributed by atoms with van der Waals surface area (Å²) in [6, 6.07) is 3.26. The molecule has 0 saturated heterocycles. The monoisotopic (exact) mass is 245 g/mol. The van der Waals surface area contributed by atoms with Crippen molar-refractivity contribution < 1.29 is 0 Å². The molecule has 0 fully saturated rings. The molecule has 0 amide bonds. The second-order valence-corrected chi connectivity index (χ2v) is 4.61. The topological polar surface area (TPSA) is 65.6 Å². The van der Waals surface area contributed by atoms with Gasteiger partial charge in [-0.1, -0.05) is 0 Å². The standard InChI is InChI=1S/C12H15N5O/c1-9-5-6-12(18)17(15-9)8-11-14-13-10-4-2-3-7-16(10)11/h5-6H,2-4,7-8H2,1H3. The van der Waals surface area contributed by atoms with Gasteiger partial charge in [0.2, 0.25) is 0 Å². The van der Waals surface area contributed by atoms with Crippen LogP contribution >= 0.6 is 0 Å². The lowest BCUT2D eigenvalue weighted by atomic mass is 10.2. The molecule has 0 aliphatic carbocycles. The summed E-state index contributed by atoms with van der Waals surface area (Å²) in [6.45, 7) is 3.21. The summed E-state index contributed by atoms with van der Waals surface area (Å²) in [5.41, 5.74) is 0.724. The summed E-state index contributed by atoms with van der Waals surface area (Å²) in [6.07, 6.45) is 3.29. The maximum absolute atomic E-state index is 11.7. The van der Waals surface area contributed by atoms with Gasteiger partial charge < -0.3 is 4.57 Å². The number of nitrogens with zero attached hydrogens (tertiary/aromatic N) is 5. The van der Waals surface area contributed by atoms with Crippen molar-refractivity contribution in [2.75, 3.05) is 0 Å². The molecule has 0 radical (unpaired) electrons. The Morgan fingerprint density at radius 3 is 3.06 bits per heavy atom. The minimum atomic E-state index is -0.103. The van der Waals surface area contributed by atoms with E-state index in [2.05, 4.69) is 19.9 Å². The molecule has 0 saturated carbocycles. The van der Waals surface area contributed by atoms with E-state index in [1.54, 1.807) is 6.07 Å². The first-order valence-corrected chi connectivity index (χ1v) is 6.20. The molecule has 18 heavy (non-hydrogen) atoms. The lowest BCUT2D eigenvalue weighted by Crippen LogP contribution is -2.25. The lowest BCUT2D eigenvalue weighted by molar-refractivity contribution is 0.490. The van der Waals surface area contributed by atoms with E-state index in [0.717, 1.165) is 36.7 Å². The quantitative estimate of drug-likeness (QED) is 0.774. The van der Waals surface area contributed by atoms with Crippen LogP contribution in [0.15, 0.2) is 16.9 Å². The van der Waals surface area contributed by atoms with Crippen LogP contribution in [-0.4, -0.2) is 24.5 Å². The third-order valence-electron chi connectivity index (χ3n) is 3.23. The highest BCUT2D eigenvalue weighted by Crippen LogP contribution is 2.14. The van der Waals surface area contributed by atoms with E-state index in [1.165, 1.54) is 17.2 Å². The van der Waals surface area contributed by atoms with Crippen molar-refractivity contribution in [3.05, 3.63) is 39.8 Å². The minimum Gasteiger partial charge on any atom is -0.313 e. The van der Waals surface area contributed by atoms with E-state index >= 15 is 0 Å². The Bertz CT molecular complexity index is 628. The molecule has 0 unspecified atom stereocenters. The van der Waals surface area contributed by atoms with Gasteiger partial charge in [-0.3, -0.25) is 4.79 Å². The van der Waals surface area contributed by atoms with E-state index in [1.807, 2.05) is 6.92 Å². The predicted molar refractivity (Wildman–Crippen MR) is 65.3 cm³/mol. The maximum atomic E-state index is 11.7. The van der Waals surface area contributed by atoms with E-state index in [-0.39, 0.29) is 5.56 Å². The molecule has 3 rings (SSSR count). The average Bonchev–Trinajstić information content (AvgIpc) is 2.78. The van der Waals surface area contributed by atoms with E-state index in [0.29, 0.717) is 6.54 Å². The van der Waals surface area contributed by atoms with E-state index < -0.39 is 0 Å². The first-order valence-electron chi connectivity index (χ1n) is 6.20. The zero-order valence-electron chi connectivity index (χ0n) is 10.3. The maximum Gasteiger partial charge on any atom is 0.267 e. The fourth-order valence-corrected chi connectivity index (χ4v) is 2.28. The molecule has 0 bridgehead atoms. The van der Waals surface area contributed by atoms with Crippen molar-refractivity contribution in [1.82, 2.24) is 24.5 Å². The highest BCUT2D eigenvalue weighted by molar-refractivity contribution is 5.01. The van der Waals surface area contributed by atoms with Gasteiger partial charge in [0, 0.05) is 19.0 Å². The summed E-state index contributed by atoms with van der Waals surface area (Å²) in [7, 11) is 0. The zero-order valence-corrected chi connectivity index (χ0v) is 10.3. The van der Waals surface area contributed by atoms with Crippen LogP contribution in [-0.2, 0) is 19.5 Å². The second-order valence-electron chi connectivity index (χ2n) is 4.61. The van der Waals surface area contributed by atoms with Crippen LogP contribution in [0, 0.1) is 6.92 Å². The average molecular weight is 245 g/mol. The zero-order chi connectivity index (χ0) is 12.5. The number of fused-ring (bicyclic) bond motifs is 1. The molecule has 94 valence electrons. The molecule has 1 aliphatic rings. The number of aryl methyl sites for hydroxylation is 2. The Labute approximate surface area is 104 Å². The fraction of sp³-hybridized carbons (Fsp3) is 0.500. The molecule has 0 aromatic carbocycles. The normalized spacial score (nSPS) is 14.5. The molecule has 0 spiro atoms. The van der Waals surface area contributed by atoms with E-state index in [4.69, 9.17) is 0 Å². The summed E-state index contributed by atoms with van der Waals surface area (Å²) in [5.74, 6) is 1.85. The van der Waals surface area contributed by atoms with Crippen LogP contribution in [0.1, 0.15) is 30.2 Å². The summed E-state index contributed by atoms with van der Waals surface area (Å²) >= 11 is 0. The number of rotatable bonds is 2. The molecule has 0 N–H and O–H groups in total. The van der Waals surface area contributed by atoms with Gasteiger partial charge in [0.1, 0.15) is 12.4 Å². The van der Waals surface area contributed by atoms with Crippen LogP contribution in [0.3, 0.4) is 0 Å². The molecular weight excluding hydrogens is 230 g/mol. The van der Waals surface area contributed by atoms with Gasteiger partial charge in [-0.25, -0.2) is 4.68 Å². The van der Waals surface area contributed by atoms with Gasteiger partial charge >= 0.3 is 0 Å². The third-order valence-corrected chi connectivity index (χ3v) is 3.23. The summed E-state index contributed by atoms with van der Waals surface area (Å²) in [5, 5.41) is 12.6. The van der Waals surface area contributed by atoms with Crippen molar-refractivity contribution in [2.24, 2.45) is 0 Å². The number of aromatic nitrogens is 5. The Balaban J connectivity index is 1.95. The van der Waals surface area contributed by atoms with Crippen LogP contribution in [0.5, 0.6) is 0 Å². The Morgan fingerprint density at radius 2 is 2.17 bits per heavy atom. The van der Waals surface area contributed by atoms with Crippen molar-refractivity contribution in [3.63, 3.8) is 0 Å². The molecule has 2 aromatic heterocycles. The van der Waals surface area contributed by atoms with Crippen LogP contribution < -0.4 is 5.56 Å². The van der Waals surface area contributed by atoms with Gasteiger partial charge in [0.25, 0.3) is 5.56 Å². The van der Waals surface area contributed by atoms with Gasteiger partial charge in [-0.05, 0) is 25.8 Å². The van der Waals surface area contributed by atoms with Crippen LogP contribution in [0.2, 0.25) is 0 Å². The van der Waals surface area contributed by atoms with Gasteiger partial charge in [0.15, 0.2) is 5.82 Å². The Morgan fingerprint density at radius 1 is 1.28 bits per heavy atom. The molecule has 6 heteroatoms. The van der Waals surface area contributed by atoms with Crippen molar-refractivity contribution in [2.45, 2.75) is 39.3 Å². The SMILES string of the molecule is Cc1ccc(=O)n(Cc2nnc3n2CCCC3)n1. The van der Waals surface area contributed by atoms with Crippen LogP contribution in [0.25, 0.3) is 0 Å². The van der Waals surface area contributed by atoms with Crippen molar-refractivity contribution in [3.8, 4) is 0 Å². The van der Waals surface area contributed by atoms with Gasteiger partial charge in [0.05, 0.1) is 5.69 Å². The first kappa shape index (κ1) is 11.1. The van der Waals surface area contributed by atoms with Crippen molar-refractivity contribution >= 4 is 0 Å². The summed E-state index contributed by atoms with van der Waals surface area (Å²) < 4.78 is 3.56. The largest absolute Gasteiger partial charge is 0.313 e. The number of hydrogen-bond donors (Lipinski definition) is 0. The number of hydrogen-bond acceptors (Lipinski definition) is 4. The summed E-state index contributed by atoms with van der Waals surface area (Å²) in [4.78, 5) is 11.7. The highest BCUT2D eigenvalue weighted by Gasteiger charge is 2.16. The van der Waals surface area contributed by atoms with Gasteiger partial charge in [-0.2, -0.15) is 5.10 Å². The van der Waals surface area contributed by atoms with Crippen molar-refractivity contribution in [1.29, 1.82) is 0 Å². The molecule has 6 nitrogen and oxygen atoms in total. The Kier molecular flexibility index (Phi) is 2.70. The minimum absolute atomic E-state index is 0.103. The lowest BCUT2D eigenvalue weighted by Gasteiger charge is -2.14. The fourth-order valence-electron chi connectivity index (χ4n) is 2.28. The third kappa shape index (κ3) is 1.94. The second kappa shape index (κ2) is 4.36. The van der Waals surface area contributed by atoms with Crippen LogP contribution in [0.4, 0.5) is 0 Å². The van der Waals surface area contributed by atoms with Gasteiger partial charge in [-0.15, -0.1) is 10.2 Å². The highest BCUT2D eigenvalue weighted by atomic mass is 16.1. The molecule has 2 aromatic rings. The molecular formula is C12H15N5O. The molecule has 3 heterocycles. The van der Waals surface area contributed by atoms with E-state index in [9.17, 15) is 4.79 Å². The Hall–Kier alpha value is -1.98. The molecule has 0 atom stereocenters.